The summed E-state index contributed by atoms with van der Waals surface area (Å²) in [5.41, 5.74) is 5.75. The molecule has 2 amide bonds. The normalized spacial score (nSPS) is 22.3. The van der Waals surface area contributed by atoms with Crippen molar-refractivity contribution in [2.45, 2.75) is 43.7 Å². The third kappa shape index (κ3) is 3.71. The third-order valence-corrected chi connectivity index (χ3v) is 10.1. The zero-order chi connectivity index (χ0) is 31.2. The van der Waals surface area contributed by atoms with Crippen molar-refractivity contribution in [2.75, 3.05) is 0 Å². The summed E-state index contributed by atoms with van der Waals surface area (Å²) in [6.07, 6.45) is 4.36. The Morgan fingerprint density at radius 3 is 2.13 bits per heavy atom. The maximum Gasteiger partial charge on any atom is 0.262 e. The van der Waals surface area contributed by atoms with Gasteiger partial charge in [0.2, 0.25) is 0 Å². The van der Waals surface area contributed by atoms with Crippen LogP contribution in [-0.4, -0.2) is 41.8 Å². The number of fused-ring (bicyclic) bond motifs is 4. The topological polar surface area (TPSA) is 110 Å². The van der Waals surface area contributed by atoms with Crippen molar-refractivity contribution in [1.29, 1.82) is 0 Å². The fourth-order valence-corrected chi connectivity index (χ4v) is 7.73. The number of amides is 2. The third-order valence-electron chi connectivity index (χ3n) is 10.1. The summed E-state index contributed by atoms with van der Waals surface area (Å²) in [6, 6.07) is 29.0. The van der Waals surface area contributed by atoms with Crippen LogP contribution in [0, 0.1) is 17.7 Å². The van der Waals surface area contributed by atoms with Gasteiger partial charge in [0, 0.05) is 41.6 Å². The zero-order valence-electron chi connectivity index (χ0n) is 25.1. The van der Waals surface area contributed by atoms with Crippen molar-refractivity contribution in [3.63, 3.8) is 0 Å². The number of hydrogen-bond acceptors (Lipinski definition) is 7. The Hall–Kier alpha value is -5.57. The lowest BCUT2D eigenvalue weighted by Gasteiger charge is -2.56. The first-order valence-electron chi connectivity index (χ1n) is 15.6. The Morgan fingerprint density at radius 1 is 0.804 bits per heavy atom. The van der Waals surface area contributed by atoms with Crippen molar-refractivity contribution in [2.24, 2.45) is 11.1 Å². The van der Waals surface area contributed by atoms with Gasteiger partial charge >= 0.3 is 0 Å². The molecule has 0 bridgehead atoms. The van der Waals surface area contributed by atoms with E-state index in [1.807, 2.05) is 61.7 Å². The molecule has 46 heavy (non-hydrogen) atoms. The Morgan fingerprint density at radius 2 is 1.48 bits per heavy atom. The van der Waals surface area contributed by atoms with E-state index in [-0.39, 0.29) is 17.7 Å². The van der Waals surface area contributed by atoms with Crippen molar-refractivity contribution >= 4 is 28.5 Å². The van der Waals surface area contributed by atoms with E-state index in [0.29, 0.717) is 29.6 Å². The fraction of sp³-hybridized carbons (Fsp3) is 0.216. The standard InChI is InChI=1S/C37H28N6O3/c1-22-17-31-38-19-25-18-30(23-7-3-2-4-8-23)32(39-33(25)43(31)40-22)24-11-13-27(14-12-24)37(20-36(21-37,41-46)26-15-16-26)42-34(44)28-9-5-6-10-29(28)35(42)45/h2-14,17-19,26H,15-16,20-21H2,1H3/t36-,37-. The minimum Gasteiger partial charge on any atom is -0.269 e. The highest BCUT2D eigenvalue weighted by molar-refractivity contribution is 6.22. The van der Waals surface area contributed by atoms with Crippen LogP contribution in [0.3, 0.4) is 0 Å². The molecule has 9 heteroatoms. The number of nitroso groups, excluding NO2 is 1. The second-order valence-corrected chi connectivity index (χ2v) is 12.9. The monoisotopic (exact) mass is 604 g/mol. The van der Waals surface area contributed by atoms with E-state index in [0.717, 1.165) is 57.5 Å². The highest BCUT2D eigenvalue weighted by atomic mass is 16.3. The predicted octanol–water partition coefficient (Wildman–Crippen LogP) is 7.12. The van der Waals surface area contributed by atoms with Crippen LogP contribution in [0.15, 0.2) is 102 Å². The van der Waals surface area contributed by atoms with Gasteiger partial charge in [-0.25, -0.2) is 9.97 Å². The second kappa shape index (κ2) is 9.47. The first kappa shape index (κ1) is 26.8. The zero-order valence-corrected chi connectivity index (χ0v) is 25.1. The molecule has 3 aromatic heterocycles. The van der Waals surface area contributed by atoms with Crippen molar-refractivity contribution in [3.8, 4) is 22.4 Å². The number of aryl methyl sites for hydroxylation is 1. The number of rotatable bonds is 6. The Bertz CT molecular complexity index is 2210. The van der Waals surface area contributed by atoms with E-state index in [4.69, 9.17) is 4.98 Å². The molecule has 3 aliphatic rings. The number of carbonyl (C=O) groups excluding carboxylic acids is 2. The molecule has 224 valence electrons. The quantitative estimate of drug-likeness (QED) is 0.148. The first-order valence-corrected chi connectivity index (χ1v) is 15.6. The minimum absolute atomic E-state index is 0.195. The molecule has 0 unspecified atom stereocenters. The summed E-state index contributed by atoms with van der Waals surface area (Å²) in [5, 5.41) is 9.14. The summed E-state index contributed by atoms with van der Waals surface area (Å²) < 4.78 is 1.77. The van der Waals surface area contributed by atoms with Gasteiger partial charge in [-0.05, 0) is 55.0 Å². The number of benzene rings is 3. The molecule has 9 nitrogen and oxygen atoms in total. The summed E-state index contributed by atoms with van der Waals surface area (Å²) in [6.45, 7) is 1.93. The van der Waals surface area contributed by atoms with Gasteiger partial charge in [0.25, 0.3) is 11.8 Å². The molecule has 3 aromatic carbocycles. The van der Waals surface area contributed by atoms with E-state index in [1.54, 1.807) is 28.8 Å². The van der Waals surface area contributed by atoms with Gasteiger partial charge in [-0.2, -0.15) is 14.5 Å². The van der Waals surface area contributed by atoms with Gasteiger partial charge in [0.1, 0.15) is 5.54 Å². The van der Waals surface area contributed by atoms with Crippen LogP contribution in [-0.2, 0) is 5.54 Å². The smallest absolute Gasteiger partial charge is 0.262 e. The number of hydrogen-bond donors (Lipinski definition) is 0. The van der Waals surface area contributed by atoms with Crippen LogP contribution in [0.4, 0.5) is 0 Å². The molecule has 0 atom stereocenters. The number of carbonyl (C=O) groups is 2. The van der Waals surface area contributed by atoms with Gasteiger partial charge in [-0.15, -0.1) is 0 Å². The highest BCUT2D eigenvalue weighted by Crippen LogP contribution is 2.63. The molecule has 1 aliphatic heterocycles. The van der Waals surface area contributed by atoms with E-state index < -0.39 is 11.1 Å². The van der Waals surface area contributed by atoms with Gasteiger partial charge < -0.3 is 0 Å². The highest BCUT2D eigenvalue weighted by Gasteiger charge is 2.68. The lowest BCUT2D eigenvalue weighted by Crippen LogP contribution is -2.64. The second-order valence-electron chi connectivity index (χ2n) is 12.9. The minimum atomic E-state index is -0.967. The Kier molecular flexibility index (Phi) is 5.52. The molecule has 0 spiro atoms. The molecule has 0 radical (unpaired) electrons. The van der Waals surface area contributed by atoms with Gasteiger partial charge in [0.15, 0.2) is 11.3 Å². The van der Waals surface area contributed by atoms with Crippen molar-refractivity contribution in [1.82, 2.24) is 24.5 Å². The molecule has 4 heterocycles. The van der Waals surface area contributed by atoms with Crippen LogP contribution in [0.25, 0.3) is 39.1 Å². The summed E-state index contributed by atoms with van der Waals surface area (Å²) in [5.74, 6) is -0.454. The van der Waals surface area contributed by atoms with E-state index in [2.05, 4.69) is 33.5 Å². The van der Waals surface area contributed by atoms with E-state index >= 15 is 0 Å². The number of pyridine rings is 1. The van der Waals surface area contributed by atoms with E-state index in [1.165, 1.54) is 4.90 Å². The average molecular weight is 605 g/mol. The molecule has 6 aromatic rings. The lowest BCUT2D eigenvalue weighted by molar-refractivity contribution is -0.0253. The molecule has 0 saturated heterocycles. The summed E-state index contributed by atoms with van der Waals surface area (Å²) >= 11 is 0. The lowest BCUT2D eigenvalue weighted by atomic mass is 9.57. The van der Waals surface area contributed by atoms with Crippen molar-refractivity contribution in [3.05, 3.63) is 124 Å². The van der Waals surface area contributed by atoms with Crippen LogP contribution in [0.1, 0.15) is 57.7 Å². The first-order chi connectivity index (χ1) is 22.4. The predicted molar refractivity (Wildman–Crippen MR) is 173 cm³/mol. The largest absolute Gasteiger partial charge is 0.269 e. The molecule has 2 aliphatic carbocycles. The fourth-order valence-electron chi connectivity index (χ4n) is 7.73. The Balaban J connectivity index is 1.19. The van der Waals surface area contributed by atoms with Gasteiger partial charge in [0.05, 0.1) is 28.1 Å². The molecular weight excluding hydrogens is 576 g/mol. The van der Waals surface area contributed by atoms with E-state index in [9.17, 15) is 14.5 Å². The maximum atomic E-state index is 13.8. The van der Waals surface area contributed by atoms with Crippen LogP contribution in [0.2, 0.25) is 0 Å². The molecule has 0 N–H and O–H groups in total. The number of imide groups is 1. The molecule has 2 saturated carbocycles. The van der Waals surface area contributed by atoms with Gasteiger partial charge in [-0.3, -0.25) is 14.5 Å². The van der Waals surface area contributed by atoms with Crippen molar-refractivity contribution < 1.29 is 9.59 Å². The summed E-state index contributed by atoms with van der Waals surface area (Å²) in [4.78, 5) is 51.0. The molecular formula is C37H28N6O3. The van der Waals surface area contributed by atoms with Crippen LogP contribution in [0.5, 0.6) is 0 Å². The van der Waals surface area contributed by atoms with Crippen LogP contribution >= 0.6 is 0 Å². The number of nitrogens with zero attached hydrogens (tertiary/aromatic N) is 6. The van der Waals surface area contributed by atoms with Gasteiger partial charge in [-0.1, -0.05) is 71.9 Å². The maximum absolute atomic E-state index is 13.8. The Labute approximate surface area is 263 Å². The van der Waals surface area contributed by atoms with Crippen LogP contribution < -0.4 is 0 Å². The number of aromatic nitrogens is 4. The molecule has 9 rings (SSSR count). The SMILES string of the molecule is Cc1cc2ncc3cc(-c4ccccc4)c(-c4ccc([C@]5(N6C(=O)c7ccccc7C6=O)C[C@@](N=O)(C6CC6)C5)cc4)nc3n2n1. The summed E-state index contributed by atoms with van der Waals surface area (Å²) in [7, 11) is 0. The molecule has 2 fully saturated rings. The average Bonchev–Trinajstić information content (AvgIpc) is 3.81.